The van der Waals surface area contributed by atoms with E-state index in [4.69, 9.17) is 4.74 Å². The van der Waals surface area contributed by atoms with Crippen molar-refractivity contribution < 1.29 is 14.3 Å². The van der Waals surface area contributed by atoms with Gasteiger partial charge in [-0.2, -0.15) is 0 Å². The second kappa shape index (κ2) is 7.55. The number of rotatable bonds is 6. The van der Waals surface area contributed by atoms with E-state index in [0.717, 1.165) is 11.3 Å². The summed E-state index contributed by atoms with van der Waals surface area (Å²) in [4.78, 5) is 10.8. The van der Waals surface area contributed by atoms with Crippen molar-refractivity contribution in [3.8, 4) is 5.75 Å². The number of carbonyl (C=O) groups is 1. The lowest BCUT2D eigenvalue weighted by atomic mass is 10.1. The summed E-state index contributed by atoms with van der Waals surface area (Å²) in [5.41, 5.74) is 1.10. The van der Waals surface area contributed by atoms with Crippen LogP contribution in [0, 0.1) is 0 Å². The third-order valence-corrected chi connectivity index (χ3v) is 2.64. The number of carbonyl (C=O) groups excluding carboxylic acids is 1. The van der Waals surface area contributed by atoms with Crippen LogP contribution in [0.5, 0.6) is 5.75 Å². The molecule has 1 rings (SSSR count). The zero-order valence-corrected chi connectivity index (χ0v) is 11.0. The van der Waals surface area contributed by atoms with E-state index in [2.05, 4.69) is 22.3 Å². The van der Waals surface area contributed by atoms with Crippen molar-refractivity contribution in [1.29, 1.82) is 0 Å². The van der Waals surface area contributed by atoms with Crippen LogP contribution in [0.4, 0.5) is 4.79 Å². The maximum absolute atomic E-state index is 10.8. The summed E-state index contributed by atoms with van der Waals surface area (Å²) in [5.74, 6) is 0.860. The van der Waals surface area contributed by atoms with Crippen LogP contribution < -0.4 is 15.4 Å². The summed E-state index contributed by atoms with van der Waals surface area (Å²) in [6, 6.07) is 8.02. The minimum Gasteiger partial charge on any atom is -0.496 e. The van der Waals surface area contributed by atoms with Gasteiger partial charge in [0.15, 0.2) is 0 Å². The van der Waals surface area contributed by atoms with Crippen LogP contribution in [0.2, 0.25) is 0 Å². The van der Waals surface area contributed by atoms with Crippen molar-refractivity contribution in [1.82, 2.24) is 10.6 Å². The predicted octanol–water partition coefficient (Wildman–Crippen LogP) is 1.70. The lowest BCUT2D eigenvalue weighted by Gasteiger charge is -2.17. The van der Waals surface area contributed by atoms with E-state index in [1.165, 1.54) is 7.11 Å². The van der Waals surface area contributed by atoms with Crippen molar-refractivity contribution in [3.05, 3.63) is 29.8 Å². The van der Waals surface area contributed by atoms with Crippen LogP contribution >= 0.6 is 0 Å². The highest BCUT2D eigenvalue weighted by molar-refractivity contribution is 5.66. The molecule has 0 fully saturated rings. The molecule has 0 spiro atoms. The van der Waals surface area contributed by atoms with E-state index >= 15 is 0 Å². The van der Waals surface area contributed by atoms with Crippen molar-refractivity contribution in [2.45, 2.75) is 13.0 Å². The molecule has 0 unspecified atom stereocenters. The van der Waals surface area contributed by atoms with Gasteiger partial charge in [0.25, 0.3) is 0 Å². The Labute approximate surface area is 107 Å². The molecule has 1 amide bonds. The first kappa shape index (κ1) is 14.3. The van der Waals surface area contributed by atoms with Gasteiger partial charge in [-0.15, -0.1) is 0 Å². The van der Waals surface area contributed by atoms with Crippen molar-refractivity contribution in [2.24, 2.45) is 0 Å². The molecule has 1 atom stereocenters. The normalized spacial score (nSPS) is 11.7. The topological polar surface area (TPSA) is 59.6 Å². The largest absolute Gasteiger partial charge is 0.496 e. The number of alkyl carbamates (subject to hydrolysis) is 1. The van der Waals surface area contributed by atoms with E-state index in [0.29, 0.717) is 13.1 Å². The van der Waals surface area contributed by atoms with Gasteiger partial charge in [-0.25, -0.2) is 4.79 Å². The molecule has 0 aliphatic heterocycles. The minimum absolute atomic E-state index is 0.153. The van der Waals surface area contributed by atoms with E-state index in [9.17, 15) is 4.79 Å². The zero-order chi connectivity index (χ0) is 13.4. The molecular weight excluding hydrogens is 232 g/mol. The van der Waals surface area contributed by atoms with Crippen LogP contribution in [0.25, 0.3) is 0 Å². The van der Waals surface area contributed by atoms with Crippen LogP contribution in [0.1, 0.15) is 18.5 Å². The average molecular weight is 252 g/mol. The Morgan fingerprint density at radius 2 is 2.00 bits per heavy atom. The maximum atomic E-state index is 10.8. The van der Waals surface area contributed by atoms with Gasteiger partial charge in [0, 0.05) is 24.7 Å². The molecule has 5 nitrogen and oxygen atoms in total. The lowest BCUT2D eigenvalue weighted by molar-refractivity contribution is 0.171. The number of nitrogens with one attached hydrogen (secondary N) is 2. The Bertz CT molecular complexity index is 382. The standard InChI is InChI=1S/C13H20N2O3/c1-10(14-8-9-15-13(16)18-3)11-6-4-5-7-12(11)17-2/h4-7,10,14H,8-9H2,1-3H3,(H,15,16)/t10-/m0/s1. The van der Waals surface area contributed by atoms with Crippen molar-refractivity contribution in [2.75, 3.05) is 27.3 Å². The fourth-order valence-electron chi connectivity index (χ4n) is 1.66. The Kier molecular flexibility index (Phi) is 6.00. The fourth-order valence-corrected chi connectivity index (χ4v) is 1.66. The molecule has 0 bridgehead atoms. The first-order chi connectivity index (χ1) is 8.69. The summed E-state index contributed by atoms with van der Waals surface area (Å²) in [6.07, 6.45) is -0.415. The number of amides is 1. The highest BCUT2D eigenvalue weighted by Crippen LogP contribution is 2.23. The van der Waals surface area contributed by atoms with E-state index in [1.54, 1.807) is 7.11 Å². The van der Waals surface area contributed by atoms with Crippen LogP contribution in [-0.2, 0) is 4.74 Å². The number of para-hydroxylation sites is 1. The second-order valence-corrected chi connectivity index (χ2v) is 3.84. The number of ether oxygens (including phenoxy) is 2. The lowest BCUT2D eigenvalue weighted by Crippen LogP contribution is -2.32. The summed E-state index contributed by atoms with van der Waals surface area (Å²) in [5, 5.41) is 5.92. The Morgan fingerprint density at radius 3 is 2.67 bits per heavy atom. The molecule has 0 radical (unpaired) electrons. The smallest absolute Gasteiger partial charge is 0.406 e. The summed E-state index contributed by atoms with van der Waals surface area (Å²) < 4.78 is 9.78. The SMILES string of the molecule is COC(=O)NCCN[C@@H](C)c1ccccc1OC. The average Bonchev–Trinajstić information content (AvgIpc) is 2.42. The van der Waals surface area contributed by atoms with Crippen molar-refractivity contribution >= 4 is 6.09 Å². The van der Waals surface area contributed by atoms with Crippen molar-refractivity contribution in [3.63, 3.8) is 0 Å². The van der Waals surface area contributed by atoms with Gasteiger partial charge in [-0.3, -0.25) is 0 Å². The molecule has 0 aliphatic carbocycles. The number of hydrogen-bond donors (Lipinski definition) is 2. The zero-order valence-electron chi connectivity index (χ0n) is 11.0. The van der Waals surface area contributed by atoms with E-state index in [1.807, 2.05) is 24.3 Å². The summed E-state index contributed by atoms with van der Waals surface area (Å²) >= 11 is 0. The number of methoxy groups -OCH3 is 2. The van der Waals surface area contributed by atoms with E-state index in [-0.39, 0.29) is 6.04 Å². The van der Waals surface area contributed by atoms with Gasteiger partial charge in [0.1, 0.15) is 5.75 Å². The molecule has 0 aliphatic rings. The number of hydrogen-bond acceptors (Lipinski definition) is 4. The molecule has 0 saturated carbocycles. The highest BCUT2D eigenvalue weighted by atomic mass is 16.5. The van der Waals surface area contributed by atoms with Crippen LogP contribution in [-0.4, -0.2) is 33.4 Å². The summed E-state index contributed by atoms with van der Waals surface area (Å²) in [7, 11) is 3.00. The monoisotopic (exact) mass is 252 g/mol. The molecule has 0 saturated heterocycles. The van der Waals surface area contributed by atoms with Gasteiger partial charge in [0.2, 0.25) is 0 Å². The molecule has 18 heavy (non-hydrogen) atoms. The fraction of sp³-hybridized carbons (Fsp3) is 0.462. The molecule has 0 aromatic heterocycles. The number of benzene rings is 1. The quantitative estimate of drug-likeness (QED) is 0.757. The second-order valence-electron chi connectivity index (χ2n) is 3.84. The first-order valence-electron chi connectivity index (χ1n) is 5.87. The highest BCUT2D eigenvalue weighted by Gasteiger charge is 2.09. The maximum Gasteiger partial charge on any atom is 0.406 e. The first-order valence-corrected chi connectivity index (χ1v) is 5.87. The molecule has 1 aromatic rings. The molecule has 100 valence electrons. The summed E-state index contributed by atoms with van der Waals surface area (Å²) in [6.45, 7) is 3.23. The third kappa shape index (κ3) is 4.25. The Hall–Kier alpha value is -1.75. The molecule has 0 heterocycles. The molecule has 1 aromatic carbocycles. The van der Waals surface area contributed by atoms with Gasteiger partial charge in [0.05, 0.1) is 14.2 Å². The van der Waals surface area contributed by atoms with E-state index < -0.39 is 6.09 Å². The van der Waals surface area contributed by atoms with Gasteiger partial charge in [-0.05, 0) is 13.0 Å². The molecule has 2 N–H and O–H groups in total. The van der Waals surface area contributed by atoms with Gasteiger partial charge < -0.3 is 20.1 Å². The minimum atomic E-state index is -0.415. The Morgan fingerprint density at radius 1 is 1.28 bits per heavy atom. The predicted molar refractivity (Wildman–Crippen MR) is 69.8 cm³/mol. The van der Waals surface area contributed by atoms with Crippen LogP contribution in [0.3, 0.4) is 0 Å². The molecule has 5 heteroatoms. The van der Waals surface area contributed by atoms with Crippen LogP contribution in [0.15, 0.2) is 24.3 Å². The van der Waals surface area contributed by atoms with Gasteiger partial charge in [-0.1, -0.05) is 18.2 Å². The Balaban J connectivity index is 2.40. The third-order valence-electron chi connectivity index (χ3n) is 2.64. The van der Waals surface area contributed by atoms with Gasteiger partial charge >= 0.3 is 6.09 Å². The molecular formula is C13H20N2O3.